The summed E-state index contributed by atoms with van der Waals surface area (Å²) in [7, 11) is 2.01. The first-order valence-corrected chi connectivity index (χ1v) is 8.42. The van der Waals surface area contributed by atoms with Crippen molar-refractivity contribution in [2.24, 2.45) is 5.92 Å². The molecule has 2 atom stereocenters. The standard InChI is InChI=1S/C18H24F2N2O3/c1-12-9-14(5-7-21(12)2)18(25)22(8-6-17(23)24)11-13-3-4-15(19)16(20)10-13/h3-4,10,12,14H,5-9,11H2,1-2H3,(H,23,24)/t12-,14-/m0/s1. The highest BCUT2D eigenvalue weighted by Crippen LogP contribution is 2.24. The van der Waals surface area contributed by atoms with E-state index in [1.54, 1.807) is 0 Å². The lowest BCUT2D eigenvalue weighted by molar-refractivity contribution is -0.141. The maximum Gasteiger partial charge on any atom is 0.305 e. The number of hydrogen-bond acceptors (Lipinski definition) is 3. The average Bonchev–Trinajstić information content (AvgIpc) is 2.56. The first-order valence-electron chi connectivity index (χ1n) is 8.42. The first kappa shape index (κ1) is 19.3. The number of carboxylic acids is 1. The molecule has 1 fully saturated rings. The van der Waals surface area contributed by atoms with E-state index >= 15 is 0 Å². The molecule has 2 rings (SSSR count). The lowest BCUT2D eigenvalue weighted by atomic mass is 9.90. The molecule has 0 unspecified atom stereocenters. The zero-order chi connectivity index (χ0) is 18.6. The third kappa shape index (κ3) is 5.22. The van der Waals surface area contributed by atoms with Gasteiger partial charge in [-0.05, 0) is 51.1 Å². The van der Waals surface area contributed by atoms with E-state index in [0.29, 0.717) is 18.4 Å². The molecule has 0 spiro atoms. The summed E-state index contributed by atoms with van der Waals surface area (Å²) < 4.78 is 26.5. The second-order valence-corrected chi connectivity index (χ2v) is 6.70. The summed E-state index contributed by atoms with van der Waals surface area (Å²) in [6.45, 7) is 2.98. The van der Waals surface area contributed by atoms with E-state index in [1.807, 2.05) is 7.05 Å². The third-order valence-electron chi connectivity index (χ3n) is 4.82. The van der Waals surface area contributed by atoms with Gasteiger partial charge in [0.05, 0.1) is 6.42 Å². The number of rotatable bonds is 6. The molecule has 0 bridgehead atoms. The Balaban J connectivity index is 2.12. The average molecular weight is 354 g/mol. The van der Waals surface area contributed by atoms with Gasteiger partial charge >= 0.3 is 5.97 Å². The summed E-state index contributed by atoms with van der Waals surface area (Å²) in [6, 6.07) is 3.75. The second-order valence-electron chi connectivity index (χ2n) is 6.70. The zero-order valence-electron chi connectivity index (χ0n) is 14.5. The predicted octanol–water partition coefficient (Wildman–Crippen LogP) is 2.50. The number of nitrogens with zero attached hydrogens (tertiary/aromatic N) is 2. The largest absolute Gasteiger partial charge is 0.481 e. The number of carboxylic acid groups (broad SMARTS) is 1. The van der Waals surface area contributed by atoms with E-state index in [0.717, 1.165) is 18.7 Å². The molecule has 0 radical (unpaired) electrons. The Morgan fingerprint density at radius 2 is 2.04 bits per heavy atom. The van der Waals surface area contributed by atoms with Crippen LogP contribution in [-0.4, -0.2) is 53.0 Å². The van der Waals surface area contributed by atoms with Gasteiger partial charge in [0.25, 0.3) is 0 Å². The fourth-order valence-electron chi connectivity index (χ4n) is 3.13. The summed E-state index contributed by atoms with van der Waals surface area (Å²) in [5, 5.41) is 8.92. The SMILES string of the molecule is C[C@H]1C[C@@H](C(=O)N(CCC(=O)O)Cc2ccc(F)c(F)c2)CCN1C. The number of hydrogen-bond donors (Lipinski definition) is 1. The number of aliphatic carboxylic acids is 1. The fraction of sp³-hybridized carbons (Fsp3) is 0.556. The summed E-state index contributed by atoms with van der Waals surface area (Å²) in [4.78, 5) is 27.4. The topological polar surface area (TPSA) is 60.9 Å². The Kier molecular flexibility index (Phi) is 6.47. The molecular formula is C18H24F2N2O3. The van der Waals surface area contributed by atoms with Crippen molar-refractivity contribution in [3.8, 4) is 0 Å². The van der Waals surface area contributed by atoms with Crippen molar-refractivity contribution in [2.45, 2.75) is 38.8 Å². The Morgan fingerprint density at radius 3 is 2.64 bits per heavy atom. The number of piperidine rings is 1. The van der Waals surface area contributed by atoms with Crippen molar-refractivity contribution >= 4 is 11.9 Å². The van der Waals surface area contributed by atoms with Crippen molar-refractivity contribution < 1.29 is 23.5 Å². The fourth-order valence-corrected chi connectivity index (χ4v) is 3.13. The number of halogens is 2. The Hall–Kier alpha value is -2.02. The Labute approximate surface area is 146 Å². The molecule has 1 aromatic rings. The van der Waals surface area contributed by atoms with Gasteiger partial charge in [0, 0.05) is 25.0 Å². The zero-order valence-corrected chi connectivity index (χ0v) is 14.5. The molecule has 1 aliphatic heterocycles. The van der Waals surface area contributed by atoms with E-state index in [9.17, 15) is 18.4 Å². The van der Waals surface area contributed by atoms with Crippen molar-refractivity contribution in [3.63, 3.8) is 0 Å². The highest BCUT2D eigenvalue weighted by molar-refractivity contribution is 5.79. The van der Waals surface area contributed by atoms with Crippen LogP contribution in [0.5, 0.6) is 0 Å². The smallest absolute Gasteiger partial charge is 0.305 e. The van der Waals surface area contributed by atoms with Crippen LogP contribution in [0.25, 0.3) is 0 Å². The van der Waals surface area contributed by atoms with Gasteiger partial charge in [0.15, 0.2) is 11.6 Å². The molecule has 1 heterocycles. The van der Waals surface area contributed by atoms with E-state index in [4.69, 9.17) is 5.11 Å². The van der Waals surface area contributed by atoms with Crippen LogP contribution in [0.3, 0.4) is 0 Å². The van der Waals surface area contributed by atoms with Crippen LogP contribution in [0, 0.1) is 17.6 Å². The number of amides is 1. The predicted molar refractivity (Wildman–Crippen MR) is 88.8 cm³/mol. The van der Waals surface area contributed by atoms with Crippen molar-refractivity contribution in [1.82, 2.24) is 9.80 Å². The maximum atomic E-state index is 13.4. The first-order chi connectivity index (χ1) is 11.8. The number of carbonyl (C=O) groups excluding carboxylic acids is 1. The lowest BCUT2D eigenvalue weighted by Gasteiger charge is -2.36. The molecule has 5 nitrogen and oxygen atoms in total. The van der Waals surface area contributed by atoms with Crippen LogP contribution in [0.1, 0.15) is 31.7 Å². The van der Waals surface area contributed by atoms with Crippen LogP contribution >= 0.6 is 0 Å². The van der Waals surface area contributed by atoms with Crippen molar-refractivity contribution in [2.75, 3.05) is 20.1 Å². The minimum Gasteiger partial charge on any atom is -0.481 e. The molecule has 1 saturated heterocycles. The van der Waals surface area contributed by atoms with Crippen molar-refractivity contribution in [1.29, 1.82) is 0 Å². The Bertz CT molecular complexity index is 639. The second kappa shape index (κ2) is 8.38. The minimum absolute atomic E-state index is 0.0495. The van der Waals surface area contributed by atoms with Gasteiger partial charge in [-0.1, -0.05) is 6.07 Å². The van der Waals surface area contributed by atoms with Gasteiger partial charge < -0.3 is 14.9 Å². The molecule has 7 heteroatoms. The highest BCUT2D eigenvalue weighted by Gasteiger charge is 2.31. The van der Waals surface area contributed by atoms with Crippen LogP contribution in [0.15, 0.2) is 18.2 Å². The number of likely N-dealkylation sites (tertiary alicyclic amines) is 1. The normalized spacial score (nSPS) is 21.1. The summed E-state index contributed by atoms with van der Waals surface area (Å²) in [5.74, 6) is -3.22. The monoisotopic (exact) mass is 354 g/mol. The minimum atomic E-state index is -1.00. The van der Waals surface area contributed by atoms with E-state index in [2.05, 4.69) is 11.8 Å². The molecule has 25 heavy (non-hydrogen) atoms. The van der Waals surface area contributed by atoms with E-state index in [-0.39, 0.29) is 37.4 Å². The van der Waals surface area contributed by atoms with Crippen LogP contribution in [0.4, 0.5) is 8.78 Å². The number of benzene rings is 1. The molecule has 1 aromatic carbocycles. The molecule has 1 N–H and O–H groups in total. The third-order valence-corrected chi connectivity index (χ3v) is 4.82. The van der Waals surface area contributed by atoms with E-state index < -0.39 is 17.6 Å². The van der Waals surface area contributed by atoms with Crippen LogP contribution in [0.2, 0.25) is 0 Å². The van der Waals surface area contributed by atoms with Gasteiger partial charge in [0.1, 0.15) is 0 Å². The highest BCUT2D eigenvalue weighted by atomic mass is 19.2. The number of carbonyl (C=O) groups is 2. The molecule has 0 aliphatic carbocycles. The van der Waals surface area contributed by atoms with Crippen LogP contribution < -0.4 is 0 Å². The summed E-state index contributed by atoms with van der Waals surface area (Å²) in [6.07, 6.45) is 1.23. The van der Waals surface area contributed by atoms with Gasteiger partial charge in [-0.15, -0.1) is 0 Å². The maximum absolute atomic E-state index is 13.4. The Morgan fingerprint density at radius 1 is 1.32 bits per heavy atom. The molecule has 0 saturated carbocycles. The van der Waals surface area contributed by atoms with Crippen molar-refractivity contribution in [3.05, 3.63) is 35.4 Å². The van der Waals surface area contributed by atoms with Gasteiger partial charge in [-0.2, -0.15) is 0 Å². The van der Waals surface area contributed by atoms with Crippen LogP contribution in [-0.2, 0) is 16.1 Å². The summed E-state index contributed by atoms with van der Waals surface area (Å²) in [5.41, 5.74) is 0.443. The lowest BCUT2D eigenvalue weighted by Crippen LogP contribution is -2.45. The van der Waals surface area contributed by atoms with Gasteiger partial charge in [-0.3, -0.25) is 9.59 Å². The molecule has 0 aromatic heterocycles. The van der Waals surface area contributed by atoms with Gasteiger partial charge in [0.2, 0.25) is 5.91 Å². The molecule has 1 aliphatic rings. The molecular weight excluding hydrogens is 330 g/mol. The van der Waals surface area contributed by atoms with E-state index in [1.165, 1.54) is 11.0 Å². The molecule has 1 amide bonds. The quantitative estimate of drug-likeness (QED) is 0.853. The van der Waals surface area contributed by atoms with Gasteiger partial charge in [-0.25, -0.2) is 8.78 Å². The summed E-state index contributed by atoms with van der Waals surface area (Å²) >= 11 is 0. The molecule has 138 valence electrons.